The van der Waals surface area contributed by atoms with Gasteiger partial charge in [0.05, 0.1) is 23.6 Å². The first-order chi connectivity index (χ1) is 8.21. The quantitative estimate of drug-likeness (QED) is 0.840. The van der Waals surface area contributed by atoms with Crippen molar-refractivity contribution in [1.29, 1.82) is 5.26 Å². The Morgan fingerprint density at radius 2 is 2.24 bits per heavy atom. The van der Waals surface area contributed by atoms with Crippen LogP contribution in [0.15, 0.2) is 18.2 Å². The van der Waals surface area contributed by atoms with E-state index in [0.29, 0.717) is 23.9 Å². The number of hydrogen-bond donors (Lipinski definition) is 1. The van der Waals surface area contributed by atoms with Crippen LogP contribution in [0.2, 0.25) is 5.02 Å². The lowest BCUT2D eigenvalue weighted by Gasteiger charge is -2.11. The van der Waals surface area contributed by atoms with Gasteiger partial charge in [0.1, 0.15) is 5.75 Å². The molecule has 1 aromatic rings. The lowest BCUT2D eigenvalue weighted by molar-refractivity contribution is 0.340. The Bertz CT molecular complexity index is 401. The van der Waals surface area contributed by atoms with Crippen LogP contribution in [0, 0.1) is 17.2 Å². The van der Waals surface area contributed by atoms with Gasteiger partial charge in [-0.3, -0.25) is 0 Å². The zero-order valence-corrected chi connectivity index (χ0v) is 10.9. The molecule has 0 spiro atoms. The Balaban J connectivity index is 2.61. The summed E-state index contributed by atoms with van der Waals surface area (Å²) in [4.78, 5) is 0. The van der Waals surface area contributed by atoms with Gasteiger partial charge in [0.25, 0.3) is 0 Å². The highest BCUT2D eigenvalue weighted by Crippen LogP contribution is 2.27. The third kappa shape index (κ3) is 4.16. The van der Waals surface area contributed by atoms with E-state index in [9.17, 15) is 0 Å². The summed E-state index contributed by atoms with van der Waals surface area (Å²) in [7, 11) is 0. The van der Waals surface area contributed by atoms with Crippen molar-refractivity contribution in [1.82, 2.24) is 0 Å². The third-order valence-corrected chi connectivity index (χ3v) is 2.76. The molecule has 0 fully saturated rings. The first-order valence-electron chi connectivity index (χ1n) is 5.77. The summed E-state index contributed by atoms with van der Waals surface area (Å²) in [6.45, 7) is 5.15. The van der Waals surface area contributed by atoms with Crippen LogP contribution >= 0.6 is 11.6 Å². The van der Waals surface area contributed by atoms with Crippen LogP contribution in [0.4, 0.5) is 5.69 Å². The molecule has 4 heteroatoms. The molecule has 92 valence electrons. The summed E-state index contributed by atoms with van der Waals surface area (Å²) in [5.74, 6) is 0.715. The molecule has 0 aliphatic heterocycles. The van der Waals surface area contributed by atoms with E-state index in [-0.39, 0.29) is 5.92 Å². The van der Waals surface area contributed by atoms with Crippen LogP contribution in [0.1, 0.15) is 20.3 Å². The zero-order chi connectivity index (χ0) is 12.7. The van der Waals surface area contributed by atoms with Gasteiger partial charge >= 0.3 is 0 Å². The lowest BCUT2D eigenvalue weighted by atomic mass is 10.1. The first kappa shape index (κ1) is 13.7. The lowest BCUT2D eigenvalue weighted by Crippen LogP contribution is -2.11. The maximum Gasteiger partial charge on any atom is 0.138 e. The molecule has 0 heterocycles. The highest BCUT2D eigenvalue weighted by molar-refractivity contribution is 6.32. The molecule has 0 aliphatic carbocycles. The average molecular weight is 253 g/mol. The van der Waals surface area contributed by atoms with E-state index < -0.39 is 0 Å². The van der Waals surface area contributed by atoms with E-state index in [1.54, 1.807) is 0 Å². The summed E-state index contributed by atoms with van der Waals surface area (Å²) < 4.78 is 5.35. The summed E-state index contributed by atoms with van der Waals surface area (Å²) >= 11 is 6.06. The van der Waals surface area contributed by atoms with Gasteiger partial charge in [-0.15, -0.1) is 0 Å². The SMILES string of the molecule is CCOc1ccc(NCC(C#N)CC)cc1Cl. The highest BCUT2D eigenvalue weighted by Gasteiger charge is 2.05. The van der Waals surface area contributed by atoms with Crippen molar-refractivity contribution in [2.45, 2.75) is 20.3 Å². The number of halogens is 1. The minimum atomic E-state index is 0.0281. The zero-order valence-electron chi connectivity index (χ0n) is 10.2. The van der Waals surface area contributed by atoms with E-state index in [1.165, 1.54) is 0 Å². The fourth-order valence-electron chi connectivity index (χ4n) is 1.41. The predicted octanol–water partition coefficient (Wildman–Crippen LogP) is 3.70. The summed E-state index contributed by atoms with van der Waals surface area (Å²) in [5, 5.41) is 12.6. The number of rotatable bonds is 6. The van der Waals surface area contributed by atoms with Gasteiger partial charge in [-0.25, -0.2) is 0 Å². The van der Waals surface area contributed by atoms with Crippen LogP contribution in [0.5, 0.6) is 5.75 Å². The monoisotopic (exact) mass is 252 g/mol. The molecule has 1 atom stereocenters. The summed E-state index contributed by atoms with van der Waals surface area (Å²) in [6, 6.07) is 7.80. The van der Waals surface area contributed by atoms with E-state index >= 15 is 0 Å². The maximum absolute atomic E-state index is 8.84. The van der Waals surface area contributed by atoms with E-state index in [4.69, 9.17) is 21.6 Å². The minimum absolute atomic E-state index is 0.0281. The van der Waals surface area contributed by atoms with Crippen molar-refractivity contribution >= 4 is 17.3 Å². The number of ether oxygens (including phenoxy) is 1. The molecule has 3 nitrogen and oxygen atoms in total. The normalized spacial score (nSPS) is 11.6. The van der Waals surface area contributed by atoms with Crippen molar-refractivity contribution < 1.29 is 4.74 Å². The molecule has 0 radical (unpaired) electrons. The molecule has 1 rings (SSSR count). The Morgan fingerprint density at radius 3 is 2.76 bits per heavy atom. The molecule has 0 amide bonds. The fraction of sp³-hybridized carbons (Fsp3) is 0.462. The number of nitrogens with one attached hydrogen (secondary N) is 1. The van der Waals surface area contributed by atoms with E-state index in [2.05, 4.69) is 11.4 Å². The van der Waals surface area contributed by atoms with Crippen LogP contribution in [0.25, 0.3) is 0 Å². The number of nitriles is 1. The standard InChI is InChI=1S/C13H17ClN2O/c1-3-10(8-15)9-16-11-5-6-13(17-4-2)12(14)7-11/h5-7,10,16H,3-4,9H2,1-2H3. The smallest absolute Gasteiger partial charge is 0.138 e. The first-order valence-corrected chi connectivity index (χ1v) is 6.14. The Morgan fingerprint density at radius 1 is 1.47 bits per heavy atom. The van der Waals surface area contributed by atoms with Gasteiger partial charge in [0, 0.05) is 12.2 Å². The van der Waals surface area contributed by atoms with Gasteiger partial charge < -0.3 is 10.1 Å². The van der Waals surface area contributed by atoms with E-state index in [1.807, 2.05) is 32.0 Å². The van der Waals surface area contributed by atoms with Gasteiger partial charge in [-0.2, -0.15) is 5.26 Å². The molecular formula is C13H17ClN2O. The number of benzene rings is 1. The average Bonchev–Trinajstić information content (AvgIpc) is 2.34. The van der Waals surface area contributed by atoms with Crippen LogP contribution in [0.3, 0.4) is 0 Å². The van der Waals surface area contributed by atoms with Crippen molar-refractivity contribution in [3.8, 4) is 11.8 Å². The summed E-state index contributed by atoms with van der Waals surface area (Å²) in [6.07, 6.45) is 0.842. The van der Waals surface area contributed by atoms with Crippen LogP contribution in [-0.2, 0) is 0 Å². The molecule has 0 aromatic heterocycles. The van der Waals surface area contributed by atoms with Crippen LogP contribution in [-0.4, -0.2) is 13.2 Å². The predicted molar refractivity (Wildman–Crippen MR) is 70.5 cm³/mol. The Labute approximate surface area is 107 Å². The second kappa shape index (κ2) is 7.03. The van der Waals surface area contributed by atoms with Crippen molar-refractivity contribution in [3.05, 3.63) is 23.2 Å². The largest absolute Gasteiger partial charge is 0.492 e. The molecule has 0 saturated heterocycles. The van der Waals surface area contributed by atoms with Crippen molar-refractivity contribution in [3.63, 3.8) is 0 Å². The molecular weight excluding hydrogens is 236 g/mol. The molecule has 1 unspecified atom stereocenters. The van der Waals surface area contributed by atoms with Gasteiger partial charge in [0.15, 0.2) is 0 Å². The Kier molecular flexibility index (Phi) is 5.65. The fourth-order valence-corrected chi connectivity index (χ4v) is 1.64. The highest BCUT2D eigenvalue weighted by atomic mass is 35.5. The van der Waals surface area contributed by atoms with Crippen LogP contribution < -0.4 is 10.1 Å². The molecule has 0 saturated carbocycles. The summed E-state index contributed by atoms with van der Waals surface area (Å²) in [5.41, 5.74) is 0.909. The van der Waals surface area contributed by atoms with E-state index in [0.717, 1.165) is 12.1 Å². The maximum atomic E-state index is 8.84. The topological polar surface area (TPSA) is 45.0 Å². The number of anilines is 1. The second-order valence-corrected chi connectivity index (χ2v) is 4.10. The molecule has 1 N–H and O–H groups in total. The number of hydrogen-bond acceptors (Lipinski definition) is 3. The second-order valence-electron chi connectivity index (χ2n) is 3.69. The number of nitrogens with zero attached hydrogens (tertiary/aromatic N) is 1. The van der Waals surface area contributed by atoms with Gasteiger partial charge in [0.2, 0.25) is 0 Å². The van der Waals surface area contributed by atoms with Crippen molar-refractivity contribution in [2.24, 2.45) is 5.92 Å². The minimum Gasteiger partial charge on any atom is -0.492 e. The van der Waals surface area contributed by atoms with Gasteiger partial charge in [-0.1, -0.05) is 18.5 Å². The third-order valence-electron chi connectivity index (χ3n) is 2.46. The van der Waals surface area contributed by atoms with Crippen molar-refractivity contribution in [2.75, 3.05) is 18.5 Å². The Hall–Kier alpha value is -1.40. The molecule has 0 aliphatic rings. The molecule has 1 aromatic carbocycles. The van der Waals surface area contributed by atoms with Gasteiger partial charge in [-0.05, 0) is 31.5 Å². The molecule has 17 heavy (non-hydrogen) atoms. The molecule has 0 bridgehead atoms.